The summed E-state index contributed by atoms with van der Waals surface area (Å²) in [6.45, 7) is 4.76. The Kier molecular flexibility index (Phi) is 8.00. The Bertz CT molecular complexity index is 1470. The minimum atomic E-state index is -0.476. The van der Waals surface area contributed by atoms with Crippen molar-refractivity contribution in [2.75, 3.05) is 51.9 Å². The standard InChI is InChI=1S/C31H32N4O5/c1-4-40-31(37)26-21-28(35(32-26)27-7-5-6-8-29(27)39-3)22-9-13-24(14-10-22)33-17-19-34(20-18-33)30(36)23-11-15-25(38-2)16-12-23/h5-16,21H,4,17-20H2,1-3H3. The molecule has 0 bridgehead atoms. The van der Waals surface area contributed by atoms with Crippen LogP contribution in [0.3, 0.4) is 0 Å². The van der Waals surface area contributed by atoms with Crippen LogP contribution in [-0.4, -0.2) is 73.6 Å². The molecule has 1 fully saturated rings. The molecule has 2 heterocycles. The Balaban J connectivity index is 1.33. The zero-order chi connectivity index (χ0) is 28.1. The Morgan fingerprint density at radius 2 is 1.55 bits per heavy atom. The number of carbonyl (C=O) groups is 2. The number of amides is 1. The number of ether oxygens (including phenoxy) is 3. The minimum absolute atomic E-state index is 0.0275. The highest BCUT2D eigenvalue weighted by Crippen LogP contribution is 2.31. The Labute approximate surface area is 233 Å². The summed E-state index contributed by atoms with van der Waals surface area (Å²) in [5.41, 5.74) is 4.31. The van der Waals surface area contributed by atoms with Gasteiger partial charge in [0, 0.05) is 43.0 Å². The van der Waals surface area contributed by atoms with Gasteiger partial charge in [-0.2, -0.15) is 5.10 Å². The SMILES string of the molecule is CCOC(=O)c1cc(-c2ccc(N3CCN(C(=O)c4ccc(OC)cc4)CC3)cc2)n(-c2ccccc2OC)n1. The van der Waals surface area contributed by atoms with Crippen LogP contribution in [0.2, 0.25) is 0 Å². The first-order chi connectivity index (χ1) is 19.5. The Morgan fingerprint density at radius 3 is 2.20 bits per heavy atom. The Morgan fingerprint density at radius 1 is 0.850 bits per heavy atom. The summed E-state index contributed by atoms with van der Waals surface area (Å²) in [5.74, 6) is 0.921. The molecule has 5 rings (SSSR count). The number of aromatic nitrogens is 2. The second-order valence-electron chi connectivity index (χ2n) is 9.27. The summed E-state index contributed by atoms with van der Waals surface area (Å²) < 4.78 is 17.7. The molecule has 4 aromatic rings. The summed E-state index contributed by atoms with van der Waals surface area (Å²) in [7, 11) is 3.21. The van der Waals surface area contributed by atoms with Crippen molar-refractivity contribution in [3.63, 3.8) is 0 Å². The molecule has 1 amide bonds. The number of piperazine rings is 1. The minimum Gasteiger partial charge on any atom is -0.497 e. The van der Waals surface area contributed by atoms with E-state index in [1.807, 2.05) is 41.3 Å². The van der Waals surface area contributed by atoms with Gasteiger partial charge in [-0.3, -0.25) is 4.79 Å². The Hall–Kier alpha value is -4.79. The molecule has 0 unspecified atom stereocenters. The maximum Gasteiger partial charge on any atom is 0.358 e. The number of nitrogens with zero attached hydrogens (tertiary/aromatic N) is 4. The van der Waals surface area contributed by atoms with Gasteiger partial charge >= 0.3 is 5.97 Å². The van der Waals surface area contributed by atoms with E-state index < -0.39 is 5.97 Å². The van der Waals surface area contributed by atoms with Gasteiger partial charge in [0.1, 0.15) is 17.2 Å². The first-order valence-corrected chi connectivity index (χ1v) is 13.2. The molecule has 1 aliphatic rings. The van der Waals surface area contributed by atoms with Gasteiger partial charge in [-0.1, -0.05) is 24.3 Å². The van der Waals surface area contributed by atoms with Crippen molar-refractivity contribution in [1.82, 2.24) is 14.7 Å². The summed E-state index contributed by atoms with van der Waals surface area (Å²) in [6.07, 6.45) is 0. The molecule has 0 atom stereocenters. The van der Waals surface area contributed by atoms with Gasteiger partial charge in [-0.05, 0) is 61.5 Å². The van der Waals surface area contributed by atoms with Crippen LogP contribution in [0.15, 0.2) is 78.9 Å². The summed E-state index contributed by atoms with van der Waals surface area (Å²) in [5, 5.41) is 4.56. The summed E-state index contributed by atoms with van der Waals surface area (Å²) >= 11 is 0. The van der Waals surface area contributed by atoms with Crippen molar-refractivity contribution in [2.24, 2.45) is 0 Å². The molecule has 40 heavy (non-hydrogen) atoms. The smallest absolute Gasteiger partial charge is 0.358 e. The summed E-state index contributed by atoms with van der Waals surface area (Å²) in [4.78, 5) is 29.6. The molecule has 1 saturated heterocycles. The van der Waals surface area contributed by atoms with Crippen LogP contribution in [0.1, 0.15) is 27.8 Å². The van der Waals surface area contributed by atoms with E-state index in [1.165, 1.54) is 0 Å². The highest BCUT2D eigenvalue weighted by atomic mass is 16.5. The number of benzene rings is 3. The van der Waals surface area contributed by atoms with Crippen LogP contribution in [0.25, 0.3) is 16.9 Å². The van der Waals surface area contributed by atoms with E-state index in [-0.39, 0.29) is 18.2 Å². The third-order valence-electron chi connectivity index (χ3n) is 6.94. The largest absolute Gasteiger partial charge is 0.497 e. The van der Waals surface area contributed by atoms with Crippen molar-refractivity contribution in [1.29, 1.82) is 0 Å². The lowest BCUT2D eigenvalue weighted by Crippen LogP contribution is -2.48. The molecule has 3 aromatic carbocycles. The number of methoxy groups -OCH3 is 2. The molecule has 9 nitrogen and oxygen atoms in total. The number of hydrogen-bond donors (Lipinski definition) is 0. The van der Waals surface area contributed by atoms with E-state index in [1.54, 1.807) is 56.2 Å². The second kappa shape index (κ2) is 11.9. The van der Waals surface area contributed by atoms with Gasteiger partial charge in [-0.25, -0.2) is 9.48 Å². The predicted octanol–water partition coefficient (Wildman–Crippen LogP) is 4.70. The third kappa shape index (κ3) is 5.49. The van der Waals surface area contributed by atoms with Gasteiger partial charge in [0.05, 0.1) is 26.5 Å². The molecule has 1 aromatic heterocycles. The van der Waals surface area contributed by atoms with Gasteiger partial charge in [0.2, 0.25) is 0 Å². The molecular formula is C31H32N4O5. The number of para-hydroxylation sites is 2. The third-order valence-corrected chi connectivity index (χ3v) is 6.94. The number of hydrogen-bond acceptors (Lipinski definition) is 7. The average Bonchev–Trinajstić information content (AvgIpc) is 3.46. The monoisotopic (exact) mass is 540 g/mol. The van der Waals surface area contributed by atoms with E-state index in [9.17, 15) is 9.59 Å². The molecule has 0 saturated carbocycles. The van der Waals surface area contributed by atoms with Gasteiger partial charge in [0.25, 0.3) is 5.91 Å². The van der Waals surface area contributed by atoms with Crippen LogP contribution in [0.4, 0.5) is 5.69 Å². The highest BCUT2D eigenvalue weighted by Gasteiger charge is 2.23. The molecule has 0 spiro atoms. The lowest BCUT2D eigenvalue weighted by atomic mass is 10.1. The second-order valence-corrected chi connectivity index (χ2v) is 9.27. The number of esters is 1. The molecule has 1 aliphatic heterocycles. The maximum absolute atomic E-state index is 12.9. The van der Waals surface area contributed by atoms with E-state index in [4.69, 9.17) is 14.2 Å². The van der Waals surface area contributed by atoms with E-state index >= 15 is 0 Å². The number of rotatable bonds is 8. The zero-order valence-electron chi connectivity index (χ0n) is 22.9. The summed E-state index contributed by atoms with van der Waals surface area (Å²) in [6, 6.07) is 24.6. The fourth-order valence-electron chi connectivity index (χ4n) is 4.81. The first kappa shape index (κ1) is 26.8. The molecule has 206 valence electrons. The maximum atomic E-state index is 12.9. The fraction of sp³-hybridized carbons (Fsp3) is 0.258. The molecule has 0 radical (unpaired) electrons. The van der Waals surface area contributed by atoms with Crippen molar-refractivity contribution in [2.45, 2.75) is 6.92 Å². The fourth-order valence-corrected chi connectivity index (χ4v) is 4.81. The number of carbonyl (C=O) groups excluding carboxylic acids is 2. The normalized spacial score (nSPS) is 13.2. The quantitative estimate of drug-likeness (QED) is 0.300. The van der Waals surface area contributed by atoms with E-state index in [0.29, 0.717) is 24.4 Å². The van der Waals surface area contributed by atoms with Crippen LogP contribution >= 0.6 is 0 Å². The van der Waals surface area contributed by atoms with Crippen molar-refractivity contribution in [3.8, 4) is 28.4 Å². The van der Waals surface area contributed by atoms with Crippen molar-refractivity contribution >= 4 is 17.6 Å². The highest BCUT2D eigenvalue weighted by molar-refractivity contribution is 5.94. The van der Waals surface area contributed by atoms with Crippen molar-refractivity contribution in [3.05, 3.63) is 90.1 Å². The van der Waals surface area contributed by atoms with Crippen molar-refractivity contribution < 1.29 is 23.8 Å². The van der Waals surface area contributed by atoms with Gasteiger partial charge < -0.3 is 24.0 Å². The van der Waals surface area contributed by atoms with Crippen LogP contribution in [0, 0.1) is 0 Å². The average molecular weight is 541 g/mol. The predicted molar refractivity (Wildman–Crippen MR) is 153 cm³/mol. The van der Waals surface area contributed by atoms with Gasteiger partial charge in [-0.15, -0.1) is 0 Å². The lowest BCUT2D eigenvalue weighted by Gasteiger charge is -2.36. The number of anilines is 1. The van der Waals surface area contributed by atoms with E-state index in [2.05, 4.69) is 22.1 Å². The van der Waals surface area contributed by atoms with E-state index in [0.717, 1.165) is 41.5 Å². The molecular weight excluding hydrogens is 508 g/mol. The van der Waals surface area contributed by atoms with Crippen LogP contribution in [-0.2, 0) is 4.74 Å². The first-order valence-electron chi connectivity index (χ1n) is 13.2. The van der Waals surface area contributed by atoms with Gasteiger partial charge in [0.15, 0.2) is 5.69 Å². The molecule has 0 aliphatic carbocycles. The van der Waals surface area contributed by atoms with Crippen LogP contribution in [0.5, 0.6) is 11.5 Å². The zero-order valence-corrected chi connectivity index (χ0v) is 22.9. The molecule has 0 N–H and O–H groups in total. The lowest BCUT2D eigenvalue weighted by molar-refractivity contribution is 0.0518. The topological polar surface area (TPSA) is 86.1 Å². The molecule has 9 heteroatoms. The van der Waals surface area contributed by atoms with Crippen LogP contribution < -0.4 is 14.4 Å².